The third-order valence-electron chi connectivity index (χ3n) is 3.27. The lowest BCUT2D eigenvalue weighted by atomic mass is 10.1. The van der Waals surface area contributed by atoms with Gasteiger partial charge in [-0.1, -0.05) is 23.8 Å². The number of carbonyl (C=O) groups is 1. The van der Waals surface area contributed by atoms with E-state index < -0.39 is 0 Å². The van der Waals surface area contributed by atoms with Gasteiger partial charge in [0.05, 0.1) is 6.54 Å². The van der Waals surface area contributed by atoms with Gasteiger partial charge in [-0.2, -0.15) is 0 Å². The Bertz CT molecular complexity index is 415. The van der Waals surface area contributed by atoms with Gasteiger partial charge in [0.15, 0.2) is 0 Å². The van der Waals surface area contributed by atoms with Crippen LogP contribution < -0.4 is 5.32 Å². The molecule has 0 spiro atoms. The zero-order valence-corrected chi connectivity index (χ0v) is 10.6. The van der Waals surface area contributed by atoms with Gasteiger partial charge in [0.2, 0.25) is 5.91 Å². The Kier molecular flexibility index (Phi) is 3.79. The number of hydrogen-bond acceptors (Lipinski definition) is 2. The summed E-state index contributed by atoms with van der Waals surface area (Å²) in [4.78, 5) is 13.8. The van der Waals surface area contributed by atoms with Crippen molar-refractivity contribution in [3.05, 3.63) is 34.9 Å². The average Bonchev–Trinajstić information content (AvgIpc) is 2.48. The topological polar surface area (TPSA) is 32.3 Å². The zero-order chi connectivity index (χ0) is 12.3. The van der Waals surface area contributed by atoms with Crippen LogP contribution in [0.1, 0.15) is 23.1 Å². The number of aryl methyl sites for hydroxylation is 2. The molecule has 0 unspecified atom stereocenters. The average molecular weight is 232 g/mol. The fourth-order valence-corrected chi connectivity index (χ4v) is 2.22. The van der Waals surface area contributed by atoms with E-state index in [0.717, 1.165) is 26.1 Å². The van der Waals surface area contributed by atoms with Crippen LogP contribution in [0.15, 0.2) is 18.2 Å². The second-order valence-electron chi connectivity index (χ2n) is 4.78. The molecule has 0 atom stereocenters. The van der Waals surface area contributed by atoms with E-state index in [4.69, 9.17) is 0 Å². The first-order valence-corrected chi connectivity index (χ1v) is 6.21. The molecule has 0 aliphatic carbocycles. The van der Waals surface area contributed by atoms with Gasteiger partial charge in [-0.25, -0.2) is 0 Å². The summed E-state index contributed by atoms with van der Waals surface area (Å²) >= 11 is 0. The fourth-order valence-electron chi connectivity index (χ4n) is 2.22. The van der Waals surface area contributed by atoms with Crippen LogP contribution in [0.2, 0.25) is 0 Å². The molecule has 3 nitrogen and oxygen atoms in total. The standard InChI is InChI=1S/C14H20N2O/c1-11-4-5-13(12(2)8-11)10-16-7-3-6-15-9-14(16)17/h4-5,8,15H,3,6-7,9-10H2,1-2H3. The molecule has 1 amide bonds. The van der Waals surface area contributed by atoms with Gasteiger partial charge < -0.3 is 10.2 Å². The Morgan fingerprint density at radius 1 is 1.35 bits per heavy atom. The SMILES string of the molecule is Cc1ccc(CN2CCCNCC2=O)c(C)c1. The van der Waals surface area contributed by atoms with Gasteiger partial charge in [0, 0.05) is 13.1 Å². The van der Waals surface area contributed by atoms with Crippen molar-refractivity contribution < 1.29 is 4.79 Å². The molecule has 1 aliphatic heterocycles. The van der Waals surface area contributed by atoms with Crippen molar-refractivity contribution in [2.45, 2.75) is 26.8 Å². The van der Waals surface area contributed by atoms with Gasteiger partial charge in [-0.05, 0) is 37.9 Å². The molecule has 17 heavy (non-hydrogen) atoms. The largest absolute Gasteiger partial charge is 0.337 e. The van der Waals surface area contributed by atoms with Crippen molar-refractivity contribution in [2.75, 3.05) is 19.6 Å². The van der Waals surface area contributed by atoms with E-state index in [0.29, 0.717) is 6.54 Å². The molecule has 1 aromatic rings. The molecule has 1 fully saturated rings. The summed E-state index contributed by atoms with van der Waals surface area (Å²) in [5, 5.41) is 3.15. The van der Waals surface area contributed by atoms with Gasteiger partial charge in [0.1, 0.15) is 0 Å². The van der Waals surface area contributed by atoms with Crippen LogP contribution in [0.3, 0.4) is 0 Å². The smallest absolute Gasteiger partial charge is 0.236 e. The molecule has 92 valence electrons. The van der Waals surface area contributed by atoms with E-state index in [2.05, 4.69) is 37.4 Å². The first-order chi connectivity index (χ1) is 8.16. The second-order valence-corrected chi connectivity index (χ2v) is 4.78. The number of nitrogens with one attached hydrogen (secondary N) is 1. The molecule has 1 saturated heterocycles. The summed E-state index contributed by atoms with van der Waals surface area (Å²) in [5.41, 5.74) is 3.80. The Morgan fingerprint density at radius 2 is 2.18 bits per heavy atom. The first-order valence-electron chi connectivity index (χ1n) is 6.21. The predicted molar refractivity (Wildman–Crippen MR) is 68.8 cm³/mol. The molecular weight excluding hydrogens is 212 g/mol. The van der Waals surface area contributed by atoms with E-state index in [1.165, 1.54) is 16.7 Å². The van der Waals surface area contributed by atoms with Crippen molar-refractivity contribution in [3.8, 4) is 0 Å². The third kappa shape index (κ3) is 3.07. The normalized spacial score (nSPS) is 17.1. The molecule has 2 rings (SSSR count). The molecule has 3 heteroatoms. The summed E-state index contributed by atoms with van der Waals surface area (Å²) in [6.45, 7) is 7.23. The van der Waals surface area contributed by atoms with Crippen molar-refractivity contribution in [3.63, 3.8) is 0 Å². The van der Waals surface area contributed by atoms with Crippen LogP contribution in [0.4, 0.5) is 0 Å². The van der Waals surface area contributed by atoms with E-state index in [1.807, 2.05) is 4.90 Å². The minimum atomic E-state index is 0.211. The third-order valence-corrected chi connectivity index (χ3v) is 3.27. The monoisotopic (exact) mass is 232 g/mol. The molecular formula is C14H20N2O. The van der Waals surface area contributed by atoms with E-state index in [1.54, 1.807) is 0 Å². The molecule has 0 radical (unpaired) electrons. The number of amides is 1. The highest BCUT2D eigenvalue weighted by atomic mass is 16.2. The molecule has 1 aromatic carbocycles. The highest BCUT2D eigenvalue weighted by molar-refractivity contribution is 5.78. The number of nitrogens with zero attached hydrogens (tertiary/aromatic N) is 1. The Labute approximate surface area is 103 Å². The summed E-state index contributed by atoms with van der Waals surface area (Å²) < 4.78 is 0. The molecule has 0 aromatic heterocycles. The molecule has 1 N–H and O–H groups in total. The zero-order valence-electron chi connectivity index (χ0n) is 10.6. The van der Waals surface area contributed by atoms with E-state index in [9.17, 15) is 4.79 Å². The summed E-state index contributed by atoms with van der Waals surface area (Å²) in [6.07, 6.45) is 1.04. The summed E-state index contributed by atoms with van der Waals surface area (Å²) in [5.74, 6) is 0.211. The molecule has 1 heterocycles. The van der Waals surface area contributed by atoms with Crippen LogP contribution in [0, 0.1) is 13.8 Å². The number of carbonyl (C=O) groups excluding carboxylic acids is 1. The maximum Gasteiger partial charge on any atom is 0.236 e. The lowest BCUT2D eigenvalue weighted by Crippen LogP contribution is -2.34. The number of hydrogen-bond donors (Lipinski definition) is 1. The summed E-state index contributed by atoms with van der Waals surface area (Å²) in [7, 11) is 0. The van der Waals surface area contributed by atoms with E-state index >= 15 is 0 Å². The predicted octanol–water partition coefficient (Wildman–Crippen LogP) is 1.63. The first kappa shape index (κ1) is 12.1. The van der Waals surface area contributed by atoms with Crippen LogP contribution in [-0.2, 0) is 11.3 Å². The maximum absolute atomic E-state index is 11.9. The van der Waals surface area contributed by atoms with Crippen LogP contribution in [0.25, 0.3) is 0 Å². The highest BCUT2D eigenvalue weighted by Crippen LogP contribution is 2.14. The Morgan fingerprint density at radius 3 is 2.94 bits per heavy atom. The molecule has 0 saturated carbocycles. The number of rotatable bonds is 2. The van der Waals surface area contributed by atoms with Crippen molar-refractivity contribution in [1.82, 2.24) is 10.2 Å². The van der Waals surface area contributed by atoms with Crippen molar-refractivity contribution >= 4 is 5.91 Å². The molecule has 0 bridgehead atoms. The number of benzene rings is 1. The van der Waals surface area contributed by atoms with Gasteiger partial charge in [-0.15, -0.1) is 0 Å². The van der Waals surface area contributed by atoms with Crippen LogP contribution in [0.5, 0.6) is 0 Å². The Hall–Kier alpha value is -1.35. The van der Waals surface area contributed by atoms with Gasteiger partial charge >= 0.3 is 0 Å². The van der Waals surface area contributed by atoms with Crippen molar-refractivity contribution in [2.24, 2.45) is 0 Å². The van der Waals surface area contributed by atoms with Gasteiger partial charge in [0.25, 0.3) is 0 Å². The maximum atomic E-state index is 11.9. The summed E-state index contributed by atoms with van der Waals surface area (Å²) in [6, 6.07) is 6.43. The highest BCUT2D eigenvalue weighted by Gasteiger charge is 2.16. The quantitative estimate of drug-likeness (QED) is 0.840. The van der Waals surface area contributed by atoms with Crippen LogP contribution >= 0.6 is 0 Å². The lowest BCUT2D eigenvalue weighted by Gasteiger charge is -2.21. The minimum Gasteiger partial charge on any atom is -0.337 e. The Balaban J connectivity index is 2.10. The molecule has 1 aliphatic rings. The lowest BCUT2D eigenvalue weighted by molar-refractivity contribution is -0.130. The van der Waals surface area contributed by atoms with E-state index in [-0.39, 0.29) is 5.91 Å². The minimum absolute atomic E-state index is 0.211. The van der Waals surface area contributed by atoms with Crippen molar-refractivity contribution in [1.29, 1.82) is 0 Å². The fraction of sp³-hybridized carbons (Fsp3) is 0.500. The second kappa shape index (κ2) is 5.32. The van der Waals surface area contributed by atoms with Gasteiger partial charge in [-0.3, -0.25) is 4.79 Å². The van der Waals surface area contributed by atoms with Crippen LogP contribution in [-0.4, -0.2) is 30.4 Å².